The smallest absolute Gasteiger partial charge is 0.314 e. The molecule has 0 spiro atoms. The first kappa shape index (κ1) is 29.3. The van der Waals surface area contributed by atoms with Gasteiger partial charge in [-0.3, -0.25) is 4.79 Å². The third-order valence-corrected chi connectivity index (χ3v) is 14.7. The molecule has 0 amide bonds. The maximum atomic E-state index is 11.7. The van der Waals surface area contributed by atoms with Crippen molar-refractivity contribution < 1.29 is 17.5 Å². The minimum absolute atomic E-state index is 0.00236. The minimum atomic E-state index is -2.05. The van der Waals surface area contributed by atoms with Crippen molar-refractivity contribution >= 4 is 39.5 Å². The number of hydrogen-bond acceptors (Lipinski definition) is 4. The van der Waals surface area contributed by atoms with E-state index in [0.717, 1.165) is 18.9 Å². The normalized spacial score (nSPS) is 13.6. The van der Waals surface area contributed by atoms with Gasteiger partial charge in [-0.25, -0.2) is 0 Å². The molecule has 0 aliphatic rings. The first-order valence-corrected chi connectivity index (χ1v) is 24.4. The van der Waals surface area contributed by atoms with Crippen LogP contribution >= 0.6 is 0 Å². The summed E-state index contributed by atoms with van der Waals surface area (Å²) in [7, 11) is -6.93. The average Bonchev–Trinajstić information content (AvgIpc) is 2.43. The molecule has 0 aliphatic carbocycles. The Bertz CT molecular complexity index is 449. The highest BCUT2D eigenvalue weighted by atomic mass is 28.5. The topological polar surface area (TPSA) is 44.8 Å². The lowest BCUT2D eigenvalue weighted by Crippen LogP contribution is -2.52. The van der Waals surface area contributed by atoms with E-state index in [0.29, 0.717) is 6.42 Å². The number of unbranched alkanes of at least 4 members (excludes halogenated alkanes) is 7. The summed E-state index contributed by atoms with van der Waals surface area (Å²) >= 11 is 0. The van der Waals surface area contributed by atoms with E-state index in [2.05, 4.69) is 65.5 Å². The first-order chi connectivity index (χ1) is 13.0. The molecule has 0 saturated heterocycles. The quantitative estimate of drug-likeness (QED) is 0.169. The Balaban J connectivity index is 3.91. The van der Waals surface area contributed by atoms with Gasteiger partial charge in [-0.1, -0.05) is 44.9 Å². The van der Waals surface area contributed by atoms with Gasteiger partial charge in [0.25, 0.3) is 5.97 Å². The molecular weight excluding hydrogens is 429 g/mol. The van der Waals surface area contributed by atoms with Gasteiger partial charge in [-0.05, 0) is 77.9 Å². The van der Waals surface area contributed by atoms with Gasteiger partial charge >= 0.3 is 8.56 Å². The summed E-state index contributed by atoms with van der Waals surface area (Å²) in [5, 5.41) is 0. The highest BCUT2D eigenvalue weighted by Gasteiger charge is 2.39. The molecule has 0 rings (SSSR count). The predicted octanol–water partition coefficient (Wildman–Crippen LogP) is 7.65. The monoisotopic (exact) mass is 478 g/mol. The molecule has 0 heterocycles. The molecule has 8 heteroatoms. The summed E-state index contributed by atoms with van der Waals surface area (Å²) in [5.41, 5.74) is 0. The van der Waals surface area contributed by atoms with Gasteiger partial charge in [0.1, 0.15) is 0 Å². The van der Waals surface area contributed by atoms with Crippen LogP contribution in [0.5, 0.6) is 0 Å². The molecule has 0 unspecified atom stereocenters. The largest absolute Gasteiger partial charge is 0.520 e. The van der Waals surface area contributed by atoms with Crippen LogP contribution in [0, 0.1) is 0 Å². The Morgan fingerprint density at radius 1 is 0.552 bits per heavy atom. The minimum Gasteiger partial charge on any atom is -0.520 e. The fraction of sp³-hybridized carbons (Fsp3) is 0.952. The van der Waals surface area contributed by atoms with Crippen LogP contribution in [-0.2, 0) is 17.5 Å². The highest BCUT2D eigenvalue weighted by molar-refractivity contribution is 6.87. The first-order valence-electron chi connectivity index (χ1n) is 11.6. The Labute approximate surface area is 186 Å². The number of rotatable bonds is 16. The second-order valence-corrected chi connectivity index (χ2v) is 28.8. The second-order valence-electron chi connectivity index (χ2n) is 11.5. The summed E-state index contributed by atoms with van der Waals surface area (Å²) in [6.45, 7) is 22.1. The van der Waals surface area contributed by atoms with Gasteiger partial charge in [0.05, 0.1) is 0 Å². The van der Waals surface area contributed by atoms with Crippen molar-refractivity contribution in [3.05, 3.63) is 0 Å². The molecular formula is C21H50O4Si4. The molecule has 0 bridgehead atoms. The van der Waals surface area contributed by atoms with E-state index in [1.54, 1.807) is 0 Å². The van der Waals surface area contributed by atoms with E-state index in [4.69, 9.17) is 12.7 Å². The van der Waals surface area contributed by atoms with Gasteiger partial charge in [-0.2, -0.15) is 0 Å². The van der Waals surface area contributed by atoms with Crippen LogP contribution in [0.15, 0.2) is 0 Å². The molecule has 0 aromatic rings. The van der Waals surface area contributed by atoms with E-state index in [9.17, 15) is 4.79 Å². The molecule has 0 saturated carbocycles. The zero-order chi connectivity index (χ0) is 22.8. The molecule has 0 aromatic carbocycles. The number of carbonyl (C=O) groups excluding carboxylic acids is 1. The van der Waals surface area contributed by atoms with Crippen LogP contribution in [0.25, 0.3) is 0 Å². The van der Waals surface area contributed by atoms with E-state index in [-0.39, 0.29) is 5.97 Å². The molecule has 0 radical (unpaired) electrons. The van der Waals surface area contributed by atoms with Gasteiger partial charge < -0.3 is 12.7 Å². The van der Waals surface area contributed by atoms with Crippen molar-refractivity contribution in [3.63, 3.8) is 0 Å². The molecule has 174 valence electrons. The maximum Gasteiger partial charge on any atom is 0.314 e. The van der Waals surface area contributed by atoms with Crippen LogP contribution in [0.4, 0.5) is 0 Å². The molecule has 0 aliphatic heterocycles. The van der Waals surface area contributed by atoms with Crippen LogP contribution < -0.4 is 0 Å². The van der Waals surface area contributed by atoms with Crippen LogP contribution in [-0.4, -0.2) is 39.5 Å². The zero-order valence-electron chi connectivity index (χ0n) is 21.2. The Morgan fingerprint density at radius 2 is 0.931 bits per heavy atom. The lowest BCUT2D eigenvalue weighted by molar-refractivity contribution is -0.135. The molecule has 0 atom stereocenters. The Hall–Kier alpha value is 0.258. The van der Waals surface area contributed by atoms with E-state index < -0.39 is 33.5 Å². The lowest BCUT2D eigenvalue weighted by atomic mass is 10.1. The highest BCUT2D eigenvalue weighted by Crippen LogP contribution is 2.26. The summed E-state index contributed by atoms with van der Waals surface area (Å²) in [4.78, 5) is 11.7. The summed E-state index contributed by atoms with van der Waals surface area (Å²) in [6.07, 6.45) is 10.3. The van der Waals surface area contributed by atoms with Crippen molar-refractivity contribution in [2.45, 2.75) is 129 Å². The lowest BCUT2D eigenvalue weighted by Gasteiger charge is -2.38. The third kappa shape index (κ3) is 19.9. The van der Waals surface area contributed by atoms with Crippen LogP contribution in [0.2, 0.25) is 71.5 Å². The van der Waals surface area contributed by atoms with Gasteiger partial charge in [0, 0.05) is 6.42 Å². The van der Waals surface area contributed by atoms with Crippen molar-refractivity contribution in [2.24, 2.45) is 0 Å². The van der Waals surface area contributed by atoms with E-state index >= 15 is 0 Å². The molecule has 0 fully saturated rings. The van der Waals surface area contributed by atoms with Gasteiger partial charge in [0.15, 0.2) is 16.6 Å². The molecule has 29 heavy (non-hydrogen) atoms. The molecule has 0 N–H and O–H groups in total. The Morgan fingerprint density at radius 3 is 1.31 bits per heavy atom. The maximum absolute atomic E-state index is 11.7. The van der Waals surface area contributed by atoms with Crippen molar-refractivity contribution in [1.29, 1.82) is 0 Å². The van der Waals surface area contributed by atoms with Gasteiger partial charge in [0.2, 0.25) is 8.32 Å². The standard InChI is InChI=1S/C21H50O4Si4/c1-26(2,3)23-21(22)19-17-15-13-11-12-14-16-18-20-29(10,24-27(4,5)6)25-28(7,8)9/h11-20H2,1-10H3. The van der Waals surface area contributed by atoms with Crippen molar-refractivity contribution in [3.8, 4) is 0 Å². The molecule has 4 nitrogen and oxygen atoms in total. The summed E-state index contributed by atoms with van der Waals surface area (Å²) < 4.78 is 18.6. The van der Waals surface area contributed by atoms with Crippen LogP contribution in [0.3, 0.4) is 0 Å². The zero-order valence-corrected chi connectivity index (χ0v) is 25.2. The van der Waals surface area contributed by atoms with E-state index in [1.165, 1.54) is 38.5 Å². The van der Waals surface area contributed by atoms with Crippen molar-refractivity contribution in [2.75, 3.05) is 0 Å². The third-order valence-electron chi connectivity index (χ3n) is 4.23. The summed E-state index contributed by atoms with van der Waals surface area (Å²) in [6, 6.07) is 1.13. The predicted molar refractivity (Wildman–Crippen MR) is 136 cm³/mol. The fourth-order valence-corrected chi connectivity index (χ4v) is 17.0. The van der Waals surface area contributed by atoms with Crippen LogP contribution in [0.1, 0.15) is 57.8 Å². The Kier molecular flexibility index (Phi) is 13.1. The summed E-state index contributed by atoms with van der Waals surface area (Å²) in [5.74, 6) is -0.00236. The average molecular weight is 479 g/mol. The fourth-order valence-electron chi connectivity index (χ4n) is 3.59. The van der Waals surface area contributed by atoms with E-state index in [1.807, 2.05) is 0 Å². The molecule has 0 aromatic heterocycles. The van der Waals surface area contributed by atoms with Gasteiger partial charge in [-0.15, -0.1) is 0 Å². The SMILES string of the molecule is C[Si](C)(C)OC(=O)CCCCCCCCCC[Si](C)(O[Si](C)(C)C)O[Si](C)(C)C. The van der Waals surface area contributed by atoms with Crippen molar-refractivity contribution in [1.82, 2.24) is 0 Å². The second kappa shape index (κ2) is 13.0. The number of hydrogen-bond donors (Lipinski definition) is 0. The number of carbonyl (C=O) groups is 1.